The zero-order chi connectivity index (χ0) is 18.2. The molecule has 5 heterocycles. The summed E-state index contributed by atoms with van der Waals surface area (Å²) in [6.45, 7) is 0.719. The van der Waals surface area contributed by atoms with Gasteiger partial charge in [-0.05, 0) is 42.7 Å². The van der Waals surface area contributed by atoms with Gasteiger partial charge in [0.25, 0.3) is 5.91 Å². The van der Waals surface area contributed by atoms with E-state index in [0.717, 1.165) is 41.7 Å². The molecule has 5 rings (SSSR count). The molecule has 1 amide bonds. The van der Waals surface area contributed by atoms with Crippen LogP contribution in [0.3, 0.4) is 0 Å². The third kappa shape index (κ3) is 2.70. The van der Waals surface area contributed by atoms with E-state index in [2.05, 4.69) is 28.3 Å². The minimum atomic E-state index is -0.0735. The molecule has 4 aromatic rings. The first-order valence-electron chi connectivity index (χ1n) is 9.03. The number of amides is 1. The van der Waals surface area contributed by atoms with Crippen LogP contribution in [0.25, 0.3) is 16.6 Å². The van der Waals surface area contributed by atoms with E-state index in [1.54, 1.807) is 18.3 Å². The third-order valence-corrected chi connectivity index (χ3v) is 5.12. The Morgan fingerprint density at radius 1 is 1.15 bits per heavy atom. The number of fused-ring (bicyclic) bond motifs is 1. The summed E-state index contributed by atoms with van der Waals surface area (Å²) in [7, 11) is 0. The number of hydrogen-bond acceptors (Lipinski definition) is 4. The second kappa shape index (κ2) is 6.39. The molecule has 0 aliphatic carbocycles. The zero-order valence-corrected chi connectivity index (χ0v) is 14.7. The van der Waals surface area contributed by atoms with Crippen molar-refractivity contribution in [2.24, 2.45) is 0 Å². The lowest BCUT2D eigenvalue weighted by atomic mass is 10.1. The molecule has 1 fully saturated rings. The van der Waals surface area contributed by atoms with Gasteiger partial charge in [0.2, 0.25) is 0 Å². The normalized spacial score (nSPS) is 16.9. The minimum absolute atomic E-state index is 0.0307. The van der Waals surface area contributed by atoms with Crippen LogP contribution in [0.2, 0.25) is 0 Å². The molecular weight excluding hydrogens is 340 g/mol. The van der Waals surface area contributed by atoms with Gasteiger partial charge in [0.15, 0.2) is 5.76 Å². The van der Waals surface area contributed by atoms with Crippen molar-refractivity contribution in [2.45, 2.75) is 18.9 Å². The summed E-state index contributed by atoms with van der Waals surface area (Å²) in [5.74, 6) is 0.305. The Balaban J connectivity index is 1.50. The van der Waals surface area contributed by atoms with E-state index in [4.69, 9.17) is 4.42 Å². The van der Waals surface area contributed by atoms with Crippen molar-refractivity contribution in [2.75, 3.05) is 6.54 Å². The molecule has 0 bridgehead atoms. The van der Waals surface area contributed by atoms with E-state index in [1.807, 2.05) is 34.0 Å². The molecule has 134 valence electrons. The molecule has 0 spiro atoms. The number of furan rings is 1. The molecule has 4 aromatic heterocycles. The molecule has 0 unspecified atom stereocenters. The number of nitrogens with zero attached hydrogens (tertiary/aromatic N) is 4. The zero-order valence-electron chi connectivity index (χ0n) is 14.7. The van der Waals surface area contributed by atoms with Crippen LogP contribution in [-0.2, 0) is 0 Å². The molecule has 1 aliphatic heterocycles. The predicted molar refractivity (Wildman–Crippen MR) is 100 cm³/mol. The fourth-order valence-electron chi connectivity index (χ4n) is 3.82. The maximum atomic E-state index is 12.8. The van der Waals surface area contributed by atoms with Crippen molar-refractivity contribution in [1.82, 2.24) is 19.3 Å². The first kappa shape index (κ1) is 15.8. The highest BCUT2D eigenvalue weighted by atomic mass is 16.3. The fourth-order valence-corrected chi connectivity index (χ4v) is 3.82. The van der Waals surface area contributed by atoms with Gasteiger partial charge in [0.1, 0.15) is 0 Å². The lowest BCUT2D eigenvalue weighted by Gasteiger charge is -2.22. The Labute approximate surface area is 156 Å². The summed E-state index contributed by atoms with van der Waals surface area (Å²) in [4.78, 5) is 23.5. The highest BCUT2D eigenvalue weighted by molar-refractivity contribution is 5.92. The van der Waals surface area contributed by atoms with Gasteiger partial charge in [0, 0.05) is 30.7 Å². The number of rotatable bonds is 3. The minimum Gasteiger partial charge on any atom is -0.459 e. The number of carbonyl (C=O) groups excluding carboxylic acids is 1. The van der Waals surface area contributed by atoms with Gasteiger partial charge in [-0.1, -0.05) is 12.1 Å². The Bertz CT molecular complexity index is 1090. The van der Waals surface area contributed by atoms with Gasteiger partial charge in [-0.15, -0.1) is 0 Å². The summed E-state index contributed by atoms with van der Waals surface area (Å²) in [5, 5.41) is 0. The van der Waals surface area contributed by atoms with Crippen LogP contribution in [-0.4, -0.2) is 31.7 Å². The van der Waals surface area contributed by atoms with Crippen LogP contribution < -0.4 is 0 Å². The Hall–Kier alpha value is -3.41. The molecule has 1 saturated heterocycles. The Morgan fingerprint density at radius 3 is 2.93 bits per heavy atom. The van der Waals surface area contributed by atoms with E-state index in [1.165, 1.54) is 6.26 Å². The molecule has 27 heavy (non-hydrogen) atoms. The summed E-state index contributed by atoms with van der Waals surface area (Å²) >= 11 is 0. The van der Waals surface area contributed by atoms with Crippen LogP contribution in [0.15, 0.2) is 72.0 Å². The number of likely N-dealkylation sites (tertiary alicyclic amines) is 1. The Kier molecular flexibility index (Phi) is 3.74. The quantitative estimate of drug-likeness (QED) is 0.556. The first-order valence-corrected chi connectivity index (χ1v) is 9.03. The van der Waals surface area contributed by atoms with Crippen molar-refractivity contribution < 1.29 is 9.21 Å². The largest absolute Gasteiger partial charge is 0.459 e. The lowest BCUT2D eigenvalue weighted by Crippen LogP contribution is -2.30. The summed E-state index contributed by atoms with van der Waals surface area (Å²) in [5.41, 5.74) is 4.09. The Morgan fingerprint density at radius 2 is 2.11 bits per heavy atom. The molecule has 1 atom stereocenters. The van der Waals surface area contributed by atoms with Crippen molar-refractivity contribution in [3.63, 3.8) is 0 Å². The van der Waals surface area contributed by atoms with Gasteiger partial charge in [-0.25, -0.2) is 4.98 Å². The fraction of sp³-hybridized carbons (Fsp3) is 0.190. The van der Waals surface area contributed by atoms with Crippen molar-refractivity contribution in [3.8, 4) is 11.1 Å². The average molecular weight is 358 g/mol. The van der Waals surface area contributed by atoms with Gasteiger partial charge in [-0.3, -0.25) is 9.78 Å². The van der Waals surface area contributed by atoms with Crippen molar-refractivity contribution in [3.05, 3.63) is 79.0 Å². The van der Waals surface area contributed by atoms with E-state index in [0.29, 0.717) is 5.76 Å². The van der Waals surface area contributed by atoms with Crippen molar-refractivity contribution >= 4 is 11.4 Å². The molecule has 1 aliphatic rings. The molecule has 0 aromatic carbocycles. The standard InChI is InChI=1S/C21H18N4O2/c26-21(19-6-3-11-27-19)25-10-2-5-18(25)20-17-8-7-16(13-24(17)14-23-20)15-4-1-9-22-12-15/h1,3-4,6-9,11-14,18H,2,5,10H2/t18-/m1/s1. The van der Waals surface area contributed by atoms with E-state index < -0.39 is 0 Å². The predicted octanol–water partition coefficient (Wildman–Crippen LogP) is 3.97. The van der Waals surface area contributed by atoms with E-state index in [9.17, 15) is 4.79 Å². The highest BCUT2D eigenvalue weighted by Gasteiger charge is 2.34. The second-order valence-corrected chi connectivity index (χ2v) is 6.72. The topological polar surface area (TPSA) is 63.6 Å². The van der Waals surface area contributed by atoms with E-state index in [-0.39, 0.29) is 11.9 Å². The van der Waals surface area contributed by atoms with Crippen LogP contribution in [0.5, 0.6) is 0 Å². The van der Waals surface area contributed by atoms with Crippen LogP contribution in [0, 0.1) is 0 Å². The maximum absolute atomic E-state index is 12.8. The van der Waals surface area contributed by atoms with Gasteiger partial charge < -0.3 is 13.7 Å². The smallest absolute Gasteiger partial charge is 0.290 e. The maximum Gasteiger partial charge on any atom is 0.290 e. The molecule has 0 N–H and O–H groups in total. The first-order chi connectivity index (χ1) is 13.3. The molecular formula is C21H18N4O2. The van der Waals surface area contributed by atoms with Crippen molar-refractivity contribution in [1.29, 1.82) is 0 Å². The SMILES string of the molecule is O=C(c1ccco1)N1CCC[C@@H]1c1ncn2cc(-c3cccnc3)ccc12. The van der Waals surface area contributed by atoms with E-state index >= 15 is 0 Å². The molecule has 6 nitrogen and oxygen atoms in total. The summed E-state index contributed by atoms with van der Waals surface area (Å²) < 4.78 is 7.32. The monoisotopic (exact) mass is 358 g/mol. The van der Waals surface area contributed by atoms with Crippen LogP contribution in [0.4, 0.5) is 0 Å². The molecule has 0 saturated carbocycles. The van der Waals surface area contributed by atoms with Gasteiger partial charge >= 0.3 is 0 Å². The number of imidazole rings is 1. The average Bonchev–Trinajstić information content (AvgIpc) is 3.47. The van der Waals surface area contributed by atoms with Crippen LogP contribution >= 0.6 is 0 Å². The summed E-state index contributed by atoms with van der Waals surface area (Å²) in [6, 6.07) is 11.5. The van der Waals surface area contributed by atoms with Gasteiger partial charge in [0.05, 0.1) is 29.8 Å². The van der Waals surface area contributed by atoms with Gasteiger partial charge in [-0.2, -0.15) is 0 Å². The lowest BCUT2D eigenvalue weighted by molar-refractivity contribution is 0.0702. The third-order valence-electron chi connectivity index (χ3n) is 5.12. The molecule has 6 heteroatoms. The number of carbonyl (C=O) groups is 1. The molecule has 0 radical (unpaired) electrons. The number of pyridine rings is 2. The highest BCUT2D eigenvalue weighted by Crippen LogP contribution is 2.35. The summed E-state index contributed by atoms with van der Waals surface area (Å²) in [6.07, 6.45) is 10.9. The number of aromatic nitrogens is 3. The second-order valence-electron chi connectivity index (χ2n) is 6.72. The van der Waals surface area contributed by atoms with Crippen LogP contribution in [0.1, 0.15) is 35.1 Å². The number of hydrogen-bond donors (Lipinski definition) is 0.